The summed E-state index contributed by atoms with van der Waals surface area (Å²) < 4.78 is 50.6. The fourth-order valence-electron chi connectivity index (χ4n) is 4.14. The van der Waals surface area contributed by atoms with Crippen molar-refractivity contribution in [2.75, 3.05) is 13.7 Å². The van der Waals surface area contributed by atoms with E-state index >= 15 is 0 Å². The van der Waals surface area contributed by atoms with Gasteiger partial charge in [0.25, 0.3) is 5.91 Å². The van der Waals surface area contributed by atoms with E-state index < -0.39 is 12.3 Å². The maximum Gasteiger partial charge on any atom is 0.425 e. The summed E-state index contributed by atoms with van der Waals surface area (Å²) in [5, 5.41) is 7.51. The highest BCUT2D eigenvalue weighted by Crippen LogP contribution is 2.39. The number of nitrogens with zero attached hydrogens (tertiary/aromatic N) is 2. The lowest BCUT2D eigenvalue weighted by Gasteiger charge is -2.26. The van der Waals surface area contributed by atoms with Crippen molar-refractivity contribution < 1.29 is 27.4 Å². The van der Waals surface area contributed by atoms with E-state index in [9.17, 15) is 18.0 Å². The van der Waals surface area contributed by atoms with Crippen LogP contribution in [0.2, 0.25) is 5.02 Å². The molecule has 1 fully saturated rings. The van der Waals surface area contributed by atoms with Crippen LogP contribution >= 0.6 is 11.6 Å². The fourth-order valence-corrected chi connectivity index (χ4v) is 4.46. The van der Waals surface area contributed by atoms with Crippen LogP contribution in [0.25, 0.3) is 11.3 Å². The first-order valence-electron chi connectivity index (χ1n) is 11.5. The number of benzene rings is 1. The Hall–Kier alpha value is -2.42. The minimum atomic E-state index is -4.49. The Morgan fingerprint density at radius 3 is 2.56 bits per heavy atom. The third-order valence-electron chi connectivity index (χ3n) is 6.30. The SMILES string of the molecule is CCn1nc(C(=O)NCC2CCC(C)CC2)c(Cl)c1-c1ccc(OC(C)C(F)(F)F)cc1OC. The Morgan fingerprint density at radius 1 is 1.29 bits per heavy atom. The first kappa shape index (κ1) is 26.2. The average molecular weight is 502 g/mol. The zero-order valence-corrected chi connectivity index (χ0v) is 20.6. The molecule has 1 aromatic heterocycles. The maximum absolute atomic E-state index is 12.9. The second-order valence-electron chi connectivity index (χ2n) is 8.83. The van der Waals surface area contributed by atoms with Crippen LogP contribution < -0.4 is 14.8 Å². The molecule has 0 saturated heterocycles. The molecule has 3 rings (SSSR count). The zero-order valence-electron chi connectivity index (χ0n) is 19.8. The van der Waals surface area contributed by atoms with Gasteiger partial charge in [-0.15, -0.1) is 0 Å². The van der Waals surface area contributed by atoms with Crippen LogP contribution in [-0.4, -0.2) is 41.6 Å². The second kappa shape index (κ2) is 10.9. The summed E-state index contributed by atoms with van der Waals surface area (Å²) in [5.74, 6) is 1.08. The summed E-state index contributed by atoms with van der Waals surface area (Å²) in [7, 11) is 1.40. The molecule has 1 unspecified atom stereocenters. The molecule has 1 N–H and O–H groups in total. The Morgan fingerprint density at radius 2 is 1.97 bits per heavy atom. The van der Waals surface area contributed by atoms with Gasteiger partial charge in [-0.2, -0.15) is 18.3 Å². The fraction of sp³-hybridized carbons (Fsp3) is 0.583. The van der Waals surface area contributed by atoms with E-state index in [1.165, 1.54) is 19.2 Å². The number of methoxy groups -OCH3 is 1. The van der Waals surface area contributed by atoms with Crippen molar-refractivity contribution in [2.45, 2.75) is 65.3 Å². The van der Waals surface area contributed by atoms with Gasteiger partial charge in [-0.1, -0.05) is 31.4 Å². The van der Waals surface area contributed by atoms with Gasteiger partial charge >= 0.3 is 6.18 Å². The summed E-state index contributed by atoms with van der Waals surface area (Å²) in [4.78, 5) is 12.9. The zero-order chi connectivity index (χ0) is 25.0. The Bertz CT molecular complexity index is 1000. The first-order chi connectivity index (χ1) is 16.0. The van der Waals surface area contributed by atoms with Crippen molar-refractivity contribution in [2.24, 2.45) is 11.8 Å². The van der Waals surface area contributed by atoms with E-state index in [2.05, 4.69) is 17.3 Å². The molecule has 0 aliphatic heterocycles. The molecule has 1 saturated carbocycles. The number of hydrogen-bond donors (Lipinski definition) is 1. The molecular weight excluding hydrogens is 471 g/mol. The lowest BCUT2D eigenvalue weighted by atomic mass is 9.83. The quantitative estimate of drug-likeness (QED) is 0.473. The van der Waals surface area contributed by atoms with Crippen LogP contribution in [0.15, 0.2) is 18.2 Å². The van der Waals surface area contributed by atoms with E-state index in [0.717, 1.165) is 38.5 Å². The number of halogens is 4. The molecule has 1 atom stereocenters. The molecule has 1 amide bonds. The monoisotopic (exact) mass is 501 g/mol. The van der Waals surface area contributed by atoms with Crippen molar-refractivity contribution in [3.05, 3.63) is 28.9 Å². The number of nitrogens with one attached hydrogen (secondary N) is 1. The number of alkyl halides is 3. The third-order valence-corrected chi connectivity index (χ3v) is 6.66. The van der Waals surface area contributed by atoms with Crippen molar-refractivity contribution in [1.82, 2.24) is 15.1 Å². The average Bonchev–Trinajstić information content (AvgIpc) is 3.13. The number of carbonyl (C=O) groups is 1. The predicted octanol–water partition coefficient (Wildman–Crippen LogP) is 6.12. The topological polar surface area (TPSA) is 65.4 Å². The van der Waals surface area contributed by atoms with Gasteiger partial charge in [0.1, 0.15) is 11.5 Å². The minimum absolute atomic E-state index is 0.00359. The summed E-state index contributed by atoms with van der Waals surface area (Å²) in [6.07, 6.45) is -1.97. The van der Waals surface area contributed by atoms with Gasteiger partial charge in [0.05, 0.1) is 17.8 Å². The standard InChI is InChI=1S/C24H31ClF3N3O3/c1-5-31-22(18-11-10-17(12-19(18)33-4)34-15(3)24(26,27)28)20(25)21(30-31)23(32)29-13-16-8-6-14(2)7-9-16/h10-12,14-16H,5-9,13H2,1-4H3,(H,29,32). The van der Waals surface area contributed by atoms with Crippen LogP contribution in [0.4, 0.5) is 13.2 Å². The van der Waals surface area contributed by atoms with Crippen LogP contribution in [0, 0.1) is 11.8 Å². The molecule has 0 radical (unpaired) electrons. The van der Waals surface area contributed by atoms with E-state index in [1.807, 2.05) is 6.92 Å². The molecule has 1 aliphatic rings. The van der Waals surface area contributed by atoms with E-state index in [0.29, 0.717) is 30.3 Å². The number of ether oxygens (including phenoxy) is 2. The maximum atomic E-state index is 12.9. The number of aromatic nitrogens is 2. The minimum Gasteiger partial charge on any atom is -0.496 e. The predicted molar refractivity (Wildman–Crippen MR) is 124 cm³/mol. The van der Waals surface area contributed by atoms with Crippen molar-refractivity contribution >= 4 is 17.5 Å². The van der Waals surface area contributed by atoms with Gasteiger partial charge in [-0.3, -0.25) is 9.48 Å². The van der Waals surface area contributed by atoms with Gasteiger partial charge in [-0.05, 0) is 50.7 Å². The van der Waals surface area contributed by atoms with Gasteiger partial charge in [0.15, 0.2) is 11.8 Å². The van der Waals surface area contributed by atoms with Gasteiger partial charge < -0.3 is 14.8 Å². The Kier molecular flexibility index (Phi) is 8.38. The van der Waals surface area contributed by atoms with Crippen LogP contribution in [-0.2, 0) is 6.54 Å². The normalized spacial score (nSPS) is 19.5. The Balaban J connectivity index is 1.83. The summed E-state index contributed by atoms with van der Waals surface area (Å²) in [5.41, 5.74) is 1.05. The van der Waals surface area contributed by atoms with Crippen molar-refractivity contribution in [3.63, 3.8) is 0 Å². The van der Waals surface area contributed by atoms with Gasteiger partial charge in [-0.25, -0.2) is 0 Å². The molecule has 1 heterocycles. The highest BCUT2D eigenvalue weighted by atomic mass is 35.5. The van der Waals surface area contributed by atoms with Crippen molar-refractivity contribution in [1.29, 1.82) is 0 Å². The van der Waals surface area contributed by atoms with Gasteiger partial charge in [0, 0.05) is 24.7 Å². The highest BCUT2D eigenvalue weighted by Gasteiger charge is 2.38. The first-order valence-corrected chi connectivity index (χ1v) is 11.9. The number of carbonyl (C=O) groups excluding carboxylic acids is 1. The molecular formula is C24H31ClF3N3O3. The lowest BCUT2D eigenvalue weighted by molar-refractivity contribution is -0.189. The molecule has 34 heavy (non-hydrogen) atoms. The van der Waals surface area contributed by atoms with E-state index in [-0.39, 0.29) is 28.1 Å². The Labute approximate surface area is 202 Å². The number of amides is 1. The van der Waals surface area contributed by atoms with Gasteiger partial charge in [0.2, 0.25) is 0 Å². The number of rotatable bonds is 8. The molecule has 1 aliphatic carbocycles. The molecule has 0 spiro atoms. The van der Waals surface area contributed by atoms with Crippen molar-refractivity contribution in [3.8, 4) is 22.8 Å². The molecule has 2 aromatic rings. The molecule has 188 valence electrons. The molecule has 1 aromatic carbocycles. The largest absolute Gasteiger partial charge is 0.496 e. The molecule has 0 bridgehead atoms. The number of aryl methyl sites for hydroxylation is 1. The molecule has 10 heteroatoms. The van der Waals surface area contributed by atoms with E-state index in [1.54, 1.807) is 10.7 Å². The smallest absolute Gasteiger partial charge is 0.425 e. The summed E-state index contributed by atoms with van der Waals surface area (Å²) in [6, 6.07) is 4.33. The van der Waals surface area contributed by atoms with E-state index in [4.69, 9.17) is 21.1 Å². The second-order valence-corrected chi connectivity index (χ2v) is 9.20. The summed E-state index contributed by atoms with van der Waals surface area (Å²) >= 11 is 6.61. The summed E-state index contributed by atoms with van der Waals surface area (Å²) in [6.45, 7) is 6.03. The van der Waals surface area contributed by atoms with Crippen LogP contribution in [0.5, 0.6) is 11.5 Å². The third kappa shape index (κ3) is 5.98. The van der Waals surface area contributed by atoms with Crippen LogP contribution in [0.1, 0.15) is 56.9 Å². The number of hydrogen-bond acceptors (Lipinski definition) is 4. The van der Waals surface area contributed by atoms with Crippen LogP contribution in [0.3, 0.4) is 0 Å². The highest BCUT2D eigenvalue weighted by molar-refractivity contribution is 6.36. The molecule has 6 nitrogen and oxygen atoms in total. The lowest BCUT2D eigenvalue weighted by Crippen LogP contribution is -2.31.